The van der Waals surface area contributed by atoms with Gasteiger partial charge >= 0.3 is 0 Å². The molecule has 5 nitrogen and oxygen atoms in total. The summed E-state index contributed by atoms with van der Waals surface area (Å²) in [6, 6.07) is 19.5. The number of nitriles is 1. The summed E-state index contributed by atoms with van der Waals surface area (Å²) in [5.41, 5.74) is 3.22. The van der Waals surface area contributed by atoms with Crippen LogP contribution in [0.1, 0.15) is 23.1 Å². The Balaban J connectivity index is 1.80. The number of nitrogens with one attached hydrogen (secondary N) is 1. The molecule has 0 unspecified atom stereocenters. The standard InChI is InChI=1S/C21H23N3O2/c1-17-7-9-18(10-8-17)11-12-20(25)23-15-21(26)24(14-13-22)16-19-5-3-2-4-6-19/h2-10H,11-12,14-16H2,1H3,(H,23,25). The maximum atomic E-state index is 12.3. The summed E-state index contributed by atoms with van der Waals surface area (Å²) in [6.07, 6.45) is 0.958. The Kier molecular flexibility index (Phi) is 7.38. The number of benzene rings is 2. The van der Waals surface area contributed by atoms with Gasteiger partial charge in [-0.2, -0.15) is 5.26 Å². The average molecular weight is 349 g/mol. The van der Waals surface area contributed by atoms with Crippen LogP contribution in [0, 0.1) is 18.3 Å². The first-order valence-electron chi connectivity index (χ1n) is 8.59. The van der Waals surface area contributed by atoms with E-state index in [0.717, 1.165) is 11.1 Å². The van der Waals surface area contributed by atoms with E-state index < -0.39 is 0 Å². The molecule has 0 aliphatic heterocycles. The third-order valence-electron chi connectivity index (χ3n) is 4.03. The molecule has 2 aromatic carbocycles. The molecule has 0 spiro atoms. The van der Waals surface area contributed by atoms with Gasteiger partial charge in [0.15, 0.2) is 0 Å². The zero-order valence-corrected chi connectivity index (χ0v) is 14.9. The summed E-state index contributed by atoms with van der Waals surface area (Å²) >= 11 is 0. The molecule has 0 saturated carbocycles. The third-order valence-corrected chi connectivity index (χ3v) is 4.03. The van der Waals surface area contributed by atoms with Crippen LogP contribution in [0.25, 0.3) is 0 Å². The second-order valence-electron chi connectivity index (χ2n) is 6.16. The van der Waals surface area contributed by atoms with E-state index in [4.69, 9.17) is 5.26 Å². The molecule has 0 fully saturated rings. The molecule has 2 rings (SSSR count). The second-order valence-corrected chi connectivity index (χ2v) is 6.16. The molecule has 0 bridgehead atoms. The smallest absolute Gasteiger partial charge is 0.243 e. The van der Waals surface area contributed by atoms with Crippen LogP contribution >= 0.6 is 0 Å². The van der Waals surface area contributed by atoms with Gasteiger partial charge in [-0.1, -0.05) is 60.2 Å². The maximum Gasteiger partial charge on any atom is 0.243 e. The van der Waals surface area contributed by atoms with Gasteiger partial charge in [0.2, 0.25) is 11.8 Å². The molecule has 0 saturated heterocycles. The van der Waals surface area contributed by atoms with Gasteiger partial charge in [-0.15, -0.1) is 0 Å². The number of rotatable bonds is 8. The second kappa shape index (κ2) is 10.00. The minimum Gasteiger partial charge on any atom is -0.347 e. The van der Waals surface area contributed by atoms with E-state index in [1.807, 2.05) is 67.6 Å². The molecule has 0 aliphatic rings. The molecule has 0 aliphatic carbocycles. The van der Waals surface area contributed by atoms with E-state index in [0.29, 0.717) is 19.4 Å². The van der Waals surface area contributed by atoms with Crippen molar-refractivity contribution >= 4 is 11.8 Å². The zero-order chi connectivity index (χ0) is 18.8. The van der Waals surface area contributed by atoms with E-state index >= 15 is 0 Å². The van der Waals surface area contributed by atoms with Crippen LogP contribution in [0.15, 0.2) is 54.6 Å². The predicted molar refractivity (Wildman–Crippen MR) is 100.0 cm³/mol. The van der Waals surface area contributed by atoms with Gasteiger partial charge in [0.25, 0.3) is 0 Å². The fourth-order valence-electron chi connectivity index (χ4n) is 2.51. The van der Waals surface area contributed by atoms with Crippen molar-refractivity contribution < 1.29 is 9.59 Å². The van der Waals surface area contributed by atoms with Gasteiger partial charge in [0.1, 0.15) is 6.54 Å². The summed E-state index contributed by atoms with van der Waals surface area (Å²) in [7, 11) is 0. The number of carbonyl (C=O) groups is 2. The lowest BCUT2D eigenvalue weighted by molar-refractivity contribution is -0.132. The van der Waals surface area contributed by atoms with E-state index in [1.54, 1.807) is 0 Å². The van der Waals surface area contributed by atoms with Crippen LogP contribution in [0.5, 0.6) is 0 Å². The van der Waals surface area contributed by atoms with Crippen molar-refractivity contribution in [2.45, 2.75) is 26.3 Å². The maximum absolute atomic E-state index is 12.3. The van der Waals surface area contributed by atoms with Crippen molar-refractivity contribution in [2.24, 2.45) is 0 Å². The number of amides is 2. The molecule has 2 aromatic rings. The van der Waals surface area contributed by atoms with Crippen molar-refractivity contribution in [1.29, 1.82) is 5.26 Å². The van der Waals surface area contributed by atoms with Gasteiger partial charge in [-0.25, -0.2) is 0 Å². The molecular weight excluding hydrogens is 326 g/mol. The lowest BCUT2D eigenvalue weighted by atomic mass is 10.1. The van der Waals surface area contributed by atoms with Crippen molar-refractivity contribution in [3.8, 4) is 6.07 Å². The molecule has 134 valence electrons. The van der Waals surface area contributed by atoms with Crippen LogP contribution in [0.3, 0.4) is 0 Å². The third kappa shape index (κ3) is 6.40. The topological polar surface area (TPSA) is 73.2 Å². The quantitative estimate of drug-likeness (QED) is 0.745. The Morgan fingerprint density at radius 3 is 2.38 bits per heavy atom. The molecule has 26 heavy (non-hydrogen) atoms. The Morgan fingerprint density at radius 1 is 1.04 bits per heavy atom. The molecule has 5 heteroatoms. The molecule has 1 N–H and O–H groups in total. The van der Waals surface area contributed by atoms with Crippen molar-refractivity contribution in [3.63, 3.8) is 0 Å². The molecule has 0 radical (unpaired) electrons. The highest BCUT2D eigenvalue weighted by atomic mass is 16.2. The fraction of sp³-hybridized carbons (Fsp3) is 0.286. The van der Waals surface area contributed by atoms with E-state index in [-0.39, 0.29) is 24.9 Å². The van der Waals surface area contributed by atoms with Crippen molar-refractivity contribution in [1.82, 2.24) is 10.2 Å². The first-order valence-corrected chi connectivity index (χ1v) is 8.59. The zero-order valence-electron chi connectivity index (χ0n) is 14.9. The van der Waals surface area contributed by atoms with Crippen LogP contribution in [0.2, 0.25) is 0 Å². The van der Waals surface area contributed by atoms with Gasteiger partial charge in [0, 0.05) is 13.0 Å². The Morgan fingerprint density at radius 2 is 1.73 bits per heavy atom. The minimum atomic E-state index is -0.265. The Bertz CT molecular complexity index is 764. The molecular formula is C21H23N3O2. The first-order chi connectivity index (χ1) is 12.6. The minimum absolute atomic E-state index is 0.00698. The highest BCUT2D eigenvalue weighted by molar-refractivity contribution is 5.84. The normalized spacial score (nSPS) is 10.0. The summed E-state index contributed by atoms with van der Waals surface area (Å²) in [4.78, 5) is 25.7. The van der Waals surface area contributed by atoms with Gasteiger partial charge in [-0.05, 0) is 24.5 Å². The van der Waals surface area contributed by atoms with Crippen molar-refractivity contribution in [3.05, 3.63) is 71.3 Å². The van der Waals surface area contributed by atoms with E-state index in [9.17, 15) is 9.59 Å². The van der Waals surface area contributed by atoms with E-state index in [1.165, 1.54) is 10.5 Å². The van der Waals surface area contributed by atoms with Crippen LogP contribution in [-0.2, 0) is 22.6 Å². The average Bonchev–Trinajstić information content (AvgIpc) is 2.66. The molecule has 2 amide bonds. The number of hydrogen-bond donors (Lipinski definition) is 1. The van der Waals surface area contributed by atoms with Gasteiger partial charge in [-0.3, -0.25) is 9.59 Å². The van der Waals surface area contributed by atoms with Gasteiger partial charge < -0.3 is 10.2 Å². The molecule has 0 heterocycles. The largest absolute Gasteiger partial charge is 0.347 e. The lowest BCUT2D eigenvalue weighted by Crippen LogP contribution is -2.40. The molecule has 0 aromatic heterocycles. The number of nitrogens with zero attached hydrogens (tertiary/aromatic N) is 2. The summed E-state index contributed by atoms with van der Waals surface area (Å²) in [6.45, 7) is 2.27. The van der Waals surface area contributed by atoms with E-state index in [2.05, 4.69) is 5.32 Å². The van der Waals surface area contributed by atoms with Crippen LogP contribution < -0.4 is 5.32 Å². The monoisotopic (exact) mass is 349 g/mol. The fourth-order valence-corrected chi connectivity index (χ4v) is 2.51. The highest BCUT2D eigenvalue weighted by Gasteiger charge is 2.14. The SMILES string of the molecule is Cc1ccc(CCC(=O)NCC(=O)N(CC#N)Cc2ccccc2)cc1. The highest BCUT2D eigenvalue weighted by Crippen LogP contribution is 2.06. The Hall–Kier alpha value is -3.13. The number of hydrogen-bond acceptors (Lipinski definition) is 3. The van der Waals surface area contributed by atoms with Crippen LogP contribution in [-0.4, -0.2) is 29.8 Å². The Labute approximate surface area is 154 Å². The predicted octanol–water partition coefficient (Wildman–Crippen LogP) is 2.60. The first kappa shape index (κ1) is 19.2. The summed E-state index contributed by atoms with van der Waals surface area (Å²) in [5.74, 6) is -0.436. The van der Waals surface area contributed by atoms with Crippen LogP contribution in [0.4, 0.5) is 0 Å². The number of aryl methyl sites for hydroxylation is 2. The number of carbonyl (C=O) groups excluding carboxylic acids is 2. The molecule has 0 atom stereocenters. The van der Waals surface area contributed by atoms with Gasteiger partial charge in [0.05, 0.1) is 12.6 Å². The lowest BCUT2D eigenvalue weighted by Gasteiger charge is -2.20. The summed E-state index contributed by atoms with van der Waals surface area (Å²) < 4.78 is 0. The van der Waals surface area contributed by atoms with Crippen molar-refractivity contribution in [2.75, 3.05) is 13.1 Å². The summed E-state index contributed by atoms with van der Waals surface area (Å²) in [5, 5.41) is 11.6.